The van der Waals surface area contributed by atoms with Gasteiger partial charge in [0, 0.05) is 24.2 Å². The Kier molecular flexibility index (Phi) is 3.63. The van der Waals surface area contributed by atoms with E-state index in [-0.39, 0.29) is 0 Å². The molecule has 0 aliphatic heterocycles. The highest BCUT2D eigenvalue weighted by Crippen LogP contribution is 2.10. The zero-order valence-electron chi connectivity index (χ0n) is 8.44. The molecule has 2 aromatic heterocycles. The van der Waals surface area contributed by atoms with E-state index in [0.717, 1.165) is 6.54 Å². The number of rotatable bonds is 5. The van der Waals surface area contributed by atoms with Crippen LogP contribution in [-0.2, 0) is 13.1 Å². The molecule has 0 aromatic carbocycles. The maximum Gasteiger partial charge on any atom is 0.333 e. The lowest BCUT2D eigenvalue weighted by Gasteiger charge is -2.00. The zero-order valence-corrected chi connectivity index (χ0v) is 9.25. The van der Waals surface area contributed by atoms with Crippen molar-refractivity contribution in [2.45, 2.75) is 19.6 Å². The molecule has 0 bridgehead atoms. The number of halogens is 2. The van der Waals surface area contributed by atoms with Gasteiger partial charge in [0.15, 0.2) is 0 Å². The Morgan fingerprint density at radius 2 is 2.25 bits per heavy atom. The maximum absolute atomic E-state index is 12.2. The van der Waals surface area contributed by atoms with Crippen molar-refractivity contribution in [2.75, 3.05) is 0 Å². The van der Waals surface area contributed by atoms with E-state index in [1.54, 1.807) is 17.4 Å². The van der Waals surface area contributed by atoms with Gasteiger partial charge in [-0.1, -0.05) is 6.07 Å². The Hall–Kier alpha value is -1.27. The second-order valence-electron chi connectivity index (χ2n) is 3.25. The third kappa shape index (κ3) is 2.86. The highest BCUT2D eigenvalue weighted by atomic mass is 32.1. The molecule has 0 spiro atoms. The van der Waals surface area contributed by atoms with Gasteiger partial charge in [0.05, 0.1) is 5.69 Å². The molecular formula is C10H11F2N3S. The average molecular weight is 243 g/mol. The van der Waals surface area contributed by atoms with Crippen molar-refractivity contribution in [3.8, 4) is 0 Å². The Bertz CT molecular complexity index is 425. The number of aromatic nitrogens is 2. The van der Waals surface area contributed by atoms with E-state index in [1.165, 1.54) is 11.1 Å². The van der Waals surface area contributed by atoms with Gasteiger partial charge in [-0.25, -0.2) is 4.68 Å². The minimum atomic E-state index is -2.56. The molecule has 0 saturated heterocycles. The smallest absolute Gasteiger partial charge is 0.306 e. The minimum absolute atomic E-state index is 0.498. The second-order valence-corrected chi connectivity index (χ2v) is 4.28. The van der Waals surface area contributed by atoms with E-state index in [1.807, 2.05) is 17.5 Å². The molecule has 0 saturated carbocycles. The molecule has 0 unspecified atom stereocenters. The number of hydrogen-bond acceptors (Lipinski definition) is 3. The Morgan fingerprint density at radius 3 is 2.88 bits per heavy atom. The van der Waals surface area contributed by atoms with Gasteiger partial charge in [-0.15, -0.1) is 11.3 Å². The molecule has 6 heteroatoms. The summed E-state index contributed by atoms with van der Waals surface area (Å²) in [7, 11) is 0. The molecule has 0 radical (unpaired) electrons. The molecule has 0 fully saturated rings. The first-order valence-corrected chi connectivity index (χ1v) is 5.69. The number of hydrogen-bond donors (Lipinski definition) is 1. The number of nitrogens with one attached hydrogen (secondary N) is 1. The van der Waals surface area contributed by atoms with E-state index in [2.05, 4.69) is 10.4 Å². The Morgan fingerprint density at radius 1 is 1.38 bits per heavy atom. The number of alkyl halides is 2. The third-order valence-electron chi connectivity index (χ3n) is 2.05. The van der Waals surface area contributed by atoms with E-state index in [9.17, 15) is 8.78 Å². The highest BCUT2D eigenvalue weighted by molar-refractivity contribution is 7.09. The van der Waals surface area contributed by atoms with Gasteiger partial charge in [0.1, 0.15) is 0 Å². The fourth-order valence-corrected chi connectivity index (χ4v) is 1.98. The second kappa shape index (κ2) is 5.18. The Labute approximate surface area is 95.7 Å². The molecule has 86 valence electrons. The first-order chi connectivity index (χ1) is 7.75. The summed E-state index contributed by atoms with van der Waals surface area (Å²) in [5, 5.41) is 8.88. The van der Waals surface area contributed by atoms with E-state index in [0.29, 0.717) is 16.9 Å². The van der Waals surface area contributed by atoms with Gasteiger partial charge in [-0.3, -0.25) is 0 Å². The standard InChI is InChI=1S/C10H11F2N3S/c11-10(12)15-4-3-8(14-15)6-13-7-9-2-1-5-16-9/h1-5,10,13H,6-7H2. The molecule has 1 N–H and O–H groups in total. The van der Waals surface area contributed by atoms with Gasteiger partial charge in [-0.05, 0) is 17.5 Å². The summed E-state index contributed by atoms with van der Waals surface area (Å²) in [5.74, 6) is 0. The lowest BCUT2D eigenvalue weighted by Crippen LogP contribution is -2.12. The van der Waals surface area contributed by atoms with Crippen molar-refractivity contribution < 1.29 is 8.78 Å². The van der Waals surface area contributed by atoms with Crippen molar-refractivity contribution >= 4 is 11.3 Å². The Balaban J connectivity index is 1.81. The quantitative estimate of drug-likeness (QED) is 0.874. The first-order valence-electron chi connectivity index (χ1n) is 4.81. The van der Waals surface area contributed by atoms with Gasteiger partial charge in [-0.2, -0.15) is 13.9 Å². The summed E-state index contributed by atoms with van der Waals surface area (Å²) in [6.45, 7) is -1.33. The fourth-order valence-electron chi connectivity index (χ4n) is 1.31. The van der Waals surface area contributed by atoms with Crippen molar-refractivity contribution in [3.63, 3.8) is 0 Å². The van der Waals surface area contributed by atoms with Crippen molar-refractivity contribution in [3.05, 3.63) is 40.3 Å². The predicted molar refractivity (Wildman–Crippen MR) is 58.3 cm³/mol. The maximum atomic E-state index is 12.2. The van der Waals surface area contributed by atoms with E-state index in [4.69, 9.17) is 0 Å². The largest absolute Gasteiger partial charge is 0.333 e. The normalized spacial score (nSPS) is 11.2. The van der Waals surface area contributed by atoms with Crippen LogP contribution in [0.3, 0.4) is 0 Å². The molecule has 2 aromatic rings. The van der Waals surface area contributed by atoms with E-state index >= 15 is 0 Å². The van der Waals surface area contributed by atoms with Crippen LogP contribution in [0.25, 0.3) is 0 Å². The highest BCUT2D eigenvalue weighted by Gasteiger charge is 2.06. The molecule has 0 atom stereocenters. The summed E-state index contributed by atoms with van der Waals surface area (Å²) in [6.07, 6.45) is 1.28. The molecule has 2 rings (SSSR count). The molecule has 16 heavy (non-hydrogen) atoms. The lowest BCUT2D eigenvalue weighted by atomic mass is 10.4. The van der Waals surface area contributed by atoms with Gasteiger partial charge in [0.2, 0.25) is 0 Å². The van der Waals surface area contributed by atoms with Gasteiger partial charge >= 0.3 is 6.55 Å². The van der Waals surface area contributed by atoms with Crippen LogP contribution in [0, 0.1) is 0 Å². The van der Waals surface area contributed by atoms with Crippen LogP contribution in [0.4, 0.5) is 8.78 Å². The van der Waals surface area contributed by atoms with Crippen LogP contribution in [-0.4, -0.2) is 9.78 Å². The van der Waals surface area contributed by atoms with Crippen LogP contribution in [0.5, 0.6) is 0 Å². The van der Waals surface area contributed by atoms with Crippen LogP contribution in [0.2, 0.25) is 0 Å². The summed E-state index contributed by atoms with van der Waals surface area (Å²) in [6, 6.07) is 5.59. The summed E-state index contributed by atoms with van der Waals surface area (Å²) in [5.41, 5.74) is 0.622. The fraction of sp³-hybridized carbons (Fsp3) is 0.300. The molecule has 0 amide bonds. The van der Waals surface area contributed by atoms with Gasteiger partial charge in [0.25, 0.3) is 0 Å². The number of thiophene rings is 1. The van der Waals surface area contributed by atoms with Crippen molar-refractivity contribution in [1.29, 1.82) is 0 Å². The number of nitrogens with zero attached hydrogens (tertiary/aromatic N) is 2. The summed E-state index contributed by atoms with van der Waals surface area (Å²) in [4.78, 5) is 1.22. The summed E-state index contributed by atoms with van der Waals surface area (Å²) >= 11 is 1.66. The zero-order chi connectivity index (χ0) is 11.4. The average Bonchev–Trinajstić information content (AvgIpc) is 2.87. The molecule has 0 aliphatic carbocycles. The van der Waals surface area contributed by atoms with Crippen LogP contribution >= 0.6 is 11.3 Å². The van der Waals surface area contributed by atoms with E-state index < -0.39 is 6.55 Å². The predicted octanol–water partition coefficient (Wildman–Crippen LogP) is 2.63. The van der Waals surface area contributed by atoms with Crippen molar-refractivity contribution in [2.24, 2.45) is 0 Å². The molecule has 2 heterocycles. The first kappa shape index (κ1) is 11.2. The third-order valence-corrected chi connectivity index (χ3v) is 2.93. The van der Waals surface area contributed by atoms with Crippen LogP contribution < -0.4 is 5.32 Å². The SMILES string of the molecule is FC(F)n1ccc(CNCc2cccs2)n1. The van der Waals surface area contributed by atoms with Crippen LogP contribution in [0.1, 0.15) is 17.1 Å². The van der Waals surface area contributed by atoms with Gasteiger partial charge < -0.3 is 5.32 Å². The van der Waals surface area contributed by atoms with Crippen molar-refractivity contribution in [1.82, 2.24) is 15.1 Å². The summed E-state index contributed by atoms with van der Waals surface area (Å²) < 4.78 is 25.1. The monoisotopic (exact) mass is 243 g/mol. The lowest BCUT2D eigenvalue weighted by molar-refractivity contribution is 0.0561. The molecule has 3 nitrogen and oxygen atoms in total. The topological polar surface area (TPSA) is 29.9 Å². The minimum Gasteiger partial charge on any atom is -0.306 e. The van der Waals surface area contributed by atoms with Crippen LogP contribution in [0.15, 0.2) is 29.8 Å². The molecule has 0 aliphatic rings. The molecular weight excluding hydrogens is 232 g/mol.